The van der Waals surface area contributed by atoms with Gasteiger partial charge in [0, 0.05) is 67.6 Å². The molecule has 9 atom stereocenters. The fourth-order valence-corrected chi connectivity index (χ4v) is 5.37. The molecule has 1 amide bonds. The van der Waals surface area contributed by atoms with E-state index in [0.29, 0.717) is 11.3 Å². The van der Waals surface area contributed by atoms with Gasteiger partial charge in [0.25, 0.3) is 5.91 Å². The largest absolute Gasteiger partial charge is 0.463 e. The first-order valence-electron chi connectivity index (χ1n) is 16.9. The smallest absolute Gasteiger partial charge is 0.303 e. The first kappa shape index (κ1) is 46.3. The summed E-state index contributed by atoms with van der Waals surface area (Å²) in [6, 6.07) is 6.36. The number of amides is 1. The maximum absolute atomic E-state index is 13.9. The highest BCUT2D eigenvalue weighted by Crippen LogP contribution is 2.33. The van der Waals surface area contributed by atoms with Gasteiger partial charge in [-0.25, -0.2) is 0 Å². The van der Waals surface area contributed by atoms with E-state index in [1.54, 1.807) is 18.2 Å². The molecule has 0 unspecified atom stereocenters. The van der Waals surface area contributed by atoms with Gasteiger partial charge in [0.15, 0.2) is 36.8 Å². The minimum absolute atomic E-state index is 0.194. The minimum atomic E-state index is -2.12. The van der Waals surface area contributed by atoms with Crippen LogP contribution in [0.5, 0.6) is 0 Å². The minimum Gasteiger partial charge on any atom is -0.463 e. The van der Waals surface area contributed by atoms with Crippen LogP contribution < -0.4 is 11.1 Å². The Morgan fingerprint density at radius 1 is 0.661 bits per heavy atom. The number of anilines is 1. The number of hydrogen-bond acceptors (Lipinski definition) is 20. The van der Waals surface area contributed by atoms with Crippen molar-refractivity contribution in [3.63, 3.8) is 0 Å². The molecule has 1 aliphatic heterocycles. The molecule has 0 spiro atoms. The molecule has 1 aromatic rings. The van der Waals surface area contributed by atoms with Crippen molar-refractivity contribution in [1.82, 2.24) is 5.32 Å². The van der Waals surface area contributed by atoms with Crippen LogP contribution in [-0.4, -0.2) is 122 Å². The molecule has 21 heteroatoms. The maximum Gasteiger partial charge on any atom is 0.303 e. The van der Waals surface area contributed by atoms with Gasteiger partial charge in [-0.1, -0.05) is 12.1 Å². The fourth-order valence-electron chi connectivity index (χ4n) is 5.37. The molecule has 0 radical (unpaired) electrons. The Morgan fingerprint density at radius 2 is 1.21 bits per heavy atom. The summed E-state index contributed by atoms with van der Waals surface area (Å²) >= 11 is 0. The maximum atomic E-state index is 13.9. The lowest BCUT2D eigenvalue weighted by Gasteiger charge is -2.46. The van der Waals surface area contributed by atoms with E-state index in [1.165, 1.54) is 6.07 Å². The lowest BCUT2D eigenvalue weighted by molar-refractivity contribution is -0.331. The topological polar surface area (TPSA) is 284 Å². The zero-order valence-electron chi connectivity index (χ0n) is 32.0. The van der Waals surface area contributed by atoms with Gasteiger partial charge in [0.2, 0.25) is 6.10 Å². The number of hydrogen-bond donors (Lipinski definition) is 2. The van der Waals surface area contributed by atoms with E-state index >= 15 is 0 Å². The molecular weight excluding hydrogens is 752 g/mol. The third-order valence-electron chi connectivity index (χ3n) is 7.27. The normalized spacial score (nSPS) is 21.0. The summed E-state index contributed by atoms with van der Waals surface area (Å²) in [6.07, 6.45) is -17.0. The molecule has 3 N–H and O–H groups in total. The van der Waals surface area contributed by atoms with Gasteiger partial charge < -0.3 is 58.4 Å². The van der Waals surface area contributed by atoms with Crippen molar-refractivity contribution in [2.75, 3.05) is 18.9 Å². The van der Waals surface area contributed by atoms with Crippen LogP contribution in [0.4, 0.5) is 5.69 Å². The van der Waals surface area contributed by atoms with Gasteiger partial charge >= 0.3 is 47.8 Å². The van der Waals surface area contributed by atoms with E-state index in [0.717, 1.165) is 55.4 Å². The number of benzene rings is 1. The summed E-state index contributed by atoms with van der Waals surface area (Å²) in [5, 5.41) is 2.53. The predicted molar refractivity (Wildman–Crippen MR) is 183 cm³/mol. The van der Waals surface area contributed by atoms with Crippen molar-refractivity contribution in [3.05, 3.63) is 29.8 Å². The van der Waals surface area contributed by atoms with Gasteiger partial charge in [0.05, 0.1) is 0 Å². The summed E-state index contributed by atoms with van der Waals surface area (Å²) in [6.45, 7) is 6.07. The molecule has 2 rings (SSSR count). The van der Waals surface area contributed by atoms with Gasteiger partial charge in [-0.3, -0.25) is 43.2 Å². The molecule has 1 heterocycles. The molecule has 0 saturated carbocycles. The van der Waals surface area contributed by atoms with Crippen LogP contribution in [0.15, 0.2) is 24.3 Å². The third-order valence-corrected chi connectivity index (χ3v) is 7.27. The van der Waals surface area contributed by atoms with Crippen LogP contribution in [-0.2, 0) is 97.1 Å². The van der Waals surface area contributed by atoms with Gasteiger partial charge in [-0.2, -0.15) is 0 Å². The molecule has 1 fully saturated rings. The van der Waals surface area contributed by atoms with Crippen molar-refractivity contribution in [2.24, 2.45) is 0 Å². The molecular formula is C35H46N2O19. The van der Waals surface area contributed by atoms with Crippen molar-refractivity contribution >= 4 is 59.3 Å². The number of nitrogens with one attached hydrogen (secondary N) is 1. The van der Waals surface area contributed by atoms with E-state index in [1.807, 2.05) is 0 Å². The number of ether oxygens (including phenoxy) is 10. The molecule has 0 aromatic heterocycles. The molecule has 0 aliphatic carbocycles. The lowest BCUT2D eigenvalue weighted by Crippen LogP contribution is -2.65. The highest BCUT2D eigenvalue weighted by molar-refractivity contribution is 5.84. The van der Waals surface area contributed by atoms with Crippen LogP contribution in [0.2, 0.25) is 0 Å². The number of esters is 8. The Labute approximate surface area is 320 Å². The molecule has 0 bridgehead atoms. The number of carbonyl (C=O) groups is 9. The zero-order chi connectivity index (χ0) is 42.3. The Balaban J connectivity index is 2.88. The molecule has 1 aliphatic rings. The highest BCUT2D eigenvalue weighted by Gasteiger charge is 2.56. The van der Waals surface area contributed by atoms with Gasteiger partial charge in [0.1, 0.15) is 25.4 Å². The Bertz CT molecular complexity index is 1610. The average molecular weight is 799 g/mol. The SMILES string of the molecule is CC(=O)OC[C@H]1O[C@@H](O[C@H]([C@H](OC(C)=O)[C@H](OC(C)=O)C(=O)NCc2cccc(N)c2)[C@@H](COC(C)=O)OC(C)=O)[C@H](OC(C)=O)[C@@H](OC(C)=O)[C@H]1OC(C)=O. The van der Waals surface area contributed by atoms with E-state index in [4.69, 9.17) is 53.1 Å². The van der Waals surface area contributed by atoms with E-state index in [2.05, 4.69) is 5.32 Å². The van der Waals surface area contributed by atoms with E-state index in [9.17, 15) is 43.2 Å². The second-order valence-electron chi connectivity index (χ2n) is 12.2. The third kappa shape index (κ3) is 15.5. The average Bonchev–Trinajstić information content (AvgIpc) is 3.06. The van der Waals surface area contributed by atoms with Crippen LogP contribution in [0.1, 0.15) is 61.0 Å². The number of nitrogen functional groups attached to an aromatic ring is 1. The molecule has 1 aromatic carbocycles. The summed E-state index contributed by atoms with van der Waals surface area (Å²) in [7, 11) is 0. The summed E-state index contributed by atoms with van der Waals surface area (Å²) in [4.78, 5) is 113. The second-order valence-corrected chi connectivity index (χ2v) is 12.2. The number of nitrogens with two attached hydrogens (primary N) is 1. The van der Waals surface area contributed by atoms with Crippen molar-refractivity contribution in [3.8, 4) is 0 Å². The quantitative estimate of drug-likeness (QED) is 0.110. The fraction of sp³-hybridized carbons (Fsp3) is 0.571. The molecule has 1 saturated heterocycles. The van der Waals surface area contributed by atoms with Gasteiger partial charge in [-0.15, -0.1) is 0 Å². The first-order valence-corrected chi connectivity index (χ1v) is 16.9. The van der Waals surface area contributed by atoms with Crippen molar-refractivity contribution < 1.29 is 90.5 Å². The predicted octanol–water partition coefficient (Wildman–Crippen LogP) is -0.288. The van der Waals surface area contributed by atoms with E-state index in [-0.39, 0.29) is 6.54 Å². The van der Waals surface area contributed by atoms with Crippen LogP contribution >= 0.6 is 0 Å². The van der Waals surface area contributed by atoms with Crippen molar-refractivity contribution in [2.45, 2.75) is 117 Å². The Kier molecular flexibility index (Phi) is 18.1. The van der Waals surface area contributed by atoms with Crippen LogP contribution in [0.3, 0.4) is 0 Å². The Hall–Kier alpha value is -5.83. The standard InChI is InChI=1S/C35H46N2O19/c1-16(38)47-14-26(49-18(3)40)29(30(51-20(5)42)32(53-22(7)44)34(46)37-13-24-10-9-11-25(36)12-24)56-35-33(54-23(8)45)31(52-21(6)43)28(50-19(4)41)27(55-35)15-48-17(2)39/h9-12,26-33,35H,13-15,36H2,1-8H3,(H,37,46)/t26-,27-,28+,29+,30+,31+,32+,33-,35+/m1/s1. The van der Waals surface area contributed by atoms with Crippen LogP contribution in [0, 0.1) is 0 Å². The Morgan fingerprint density at radius 3 is 1.73 bits per heavy atom. The van der Waals surface area contributed by atoms with Crippen molar-refractivity contribution in [1.29, 1.82) is 0 Å². The van der Waals surface area contributed by atoms with Gasteiger partial charge in [-0.05, 0) is 17.7 Å². The number of rotatable bonds is 18. The molecule has 56 heavy (non-hydrogen) atoms. The highest BCUT2D eigenvalue weighted by atomic mass is 16.8. The van der Waals surface area contributed by atoms with Crippen LogP contribution in [0.25, 0.3) is 0 Å². The first-order chi connectivity index (χ1) is 26.2. The number of carbonyl (C=O) groups excluding carboxylic acids is 9. The molecule has 21 nitrogen and oxygen atoms in total. The summed E-state index contributed by atoms with van der Waals surface area (Å²) < 4.78 is 55.1. The van der Waals surface area contributed by atoms with E-state index < -0.39 is 122 Å². The molecule has 310 valence electrons. The second kappa shape index (κ2) is 21.9. The summed E-state index contributed by atoms with van der Waals surface area (Å²) in [5.41, 5.74) is 6.71. The monoisotopic (exact) mass is 798 g/mol. The lowest BCUT2D eigenvalue weighted by atomic mass is 9.97. The summed E-state index contributed by atoms with van der Waals surface area (Å²) in [5.74, 6) is -8.92. The zero-order valence-corrected chi connectivity index (χ0v) is 32.0.